The highest BCUT2D eigenvalue weighted by molar-refractivity contribution is 7.10. The van der Waals surface area contributed by atoms with Crippen LogP contribution in [0.4, 0.5) is 0 Å². The van der Waals surface area contributed by atoms with Crippen LogP contribution in [0.3, 0.4) is 0 Å². The predicted molar refractivity (Wildman–Crippen MR) is 134 cm³/mol. The van der Waals surface area contributed by atoms with Gasteiger partial charge in [-0.15, -0.1) is 11.3 Å². The van der Waals surface area contributed by atoms with Gasteiger partial charge in [-0.1, -0.05) is 97.1 Å². The molecule has 0 radical (unpaired) electrons. The zero-order valence-corrected chi connectivity index (χ0v) is 18.8. The molecule has 1 atom stereocenters. The van der Waals surface area contributed by atoms with Crippen LogP contribution < -0.4 is 0 Å². The summed E-state index contributed by atoms with van der Waals surface area (Å²) in [7, 11) is 0. The number of piperidine rings is 1. The Kier molecular flexibility index (Phi) is 6.04. The number of thiophene rings is 1. The number of likely N-dealkylation sites (tertiary alicyclic amines) is 1. The quantitative estimate of drug-likeness (QED) is 0.376. The molecule has 1 aliphatic rings. The van der Waals surface area contributed by atoms with Gasteiger partial charge >= 0.3 is 0 Å². The van der Waals surface area contributed by atoms with Gasteiger partial charge in [0.1, 0.15) is 0 Å². The van der Waals surface area contributed by atoms with Crippen LogP contribution in [0.5, 0.6) is 0 Å². The van der Waals surface area contributed by atoms with E-state index in [1.807, 2.05) is 0 Å². The molecule has 2 heterocycles. The minimum Gasteiger partial charge on any atom is -0.389 e. The lowest BCUT2D eigenvalue weighted by atomic mass is 9.74. The molecule has 0 saturated carbocycles. The van der Waals surface area contributed by atoms with Crippen molar-refractivity contribution in [2.75, 3.05) is 13.1 Å². The van der Waals surface area contributed by atoms with E-state index >= 15 is 0 Å². The number of hydrogen-bond donors (Lipinski definition) is 1. The number of aliphatic hydroxyl groups is 1. The number of rotatable bonds is 5. The van der Waals surface area contributed by atoms with Crippen molar-refractivity contribution in [1.29, 1.82) is 0 Å². The van der Waals surface area contributed by atoms with E-state index in [-0.39, 0.29) is 0 Å². The van der Waals surface area contributed by atoms with E-state index in [2.05, 4.69) is 119 Å². The van der Waals surface area contributed by atoms with Crippen molar-refractivity contribution in [3.8, 4) is 0 Å². The van der Waals surface area contributed by atoms with Gasteiger partial charge in [-0.25, -0.2) is 0 Å². The molecule has 1 N–H and O–H groups in total. The third kappa shape index (κ3) is 3.84. The molecule has 1 aliphatic heterocycles. The second kappa shape index (κ2) is 9.25. The lowest BCUT2D eigenvalue weighted by Crippen LogP contribution is -2.52. The summed E-state index contributed by atoms with van der Waals surface area (Å²) in [4.78, 5) is 3.73. The molecule has 0 aliphatic carbocycles. The Morgan fingerprint density at radius 2 is 1.28 bits per heavy atom. The molecule has 1 aromatic heterocycles. The van der Waals surface area contributed by atoms with Gasteiger partial charge in [-0.05, 0) is 46.2 Å². The molecule has 5 rings (SSSR count). The number of nitrogens with zero attached hydrogens (tertiary/aromatic N) is 1. The maximum atomic E-state index is 10.9. The summed E-state index contributed by atoms with van der Waals surface area (Å²) >= 11 is 1.71. The summed E-state index contributed by atoms with van der Waals surface area (Å²) in [5.74, 6) is 0. The number of hydrogen-bond acceptors (Lipinski definition) is 3. The first-order valence-electron chi connectivity index (χ1n) is 11.1. The molecule has 1 unspecified atom stereocenters. The molecule has 3 aromatic carbocycles. The third-order valence-electron chi connectivity index (χ3n) is 6.39. The molecular weight excluding hydrogens is 410 g/mol. The number of aliphatic hydroxyl groups excluding tert-OH is 1. The van der Waals surface area contributed by atoms with Crippen molar-refractivity contribution in [3.63, 3.8) is 0 Å². The van der Waals surface area contributed by atoms with E-state index < -0.39 is 11.6 Å². The average molecular weight is 438 g/mol. The van der Waals surface area contributed by atoms with Crippen molar-refractivity contribution in [2.45, 2.75) is 18.1 Å². The molecule has 2 nitrogen and oxygen atoms in total. The zero-order chi connectivity index (χ0) is 21.8. The predicted octanol–water partition coefficient (Wildman–Crippen LogP) is 6.19. The van der Waals surface area contributed by atoms with E-state index in [1.54, 1.807) is 11.3 Å². The summed E-state index contributed by atoms with van der Waals surface area (Å²) in [6.45, 7) is 1.51. The Bertz CT molecular complexity index is 1060. The van der Waals surface area contributed by atoms with E-state index in [4.69, 9.17) is 0 Å². The summed E-state index contributed by atoms with van der Waals surface area (Å²) in [5, 5.41) is 13.0. The van der Waals surface area contributed by atoms with Gasteiger partial charge in [-0.3, -0.25) is 4.90 Å². The molecule has 1 fully saturated rings. The molecule has 3 heteroatoms. The standard InChI is InChI=1S/C29H27NOS/c31-28-18-19-30(22-23(28)21-27-17-10-20-32-27)29(24-11-4-1-5-12-24,25-13-6-2-7-14-25)26-15-8-3-9-16-26/h1-17,20-21,28,31H,18-19,22H2/b23-21+. The average Bonchev–Trinajstić information content (AvgIpc) is 3.37. The molecule has 1 saturated heterocycles. The maximum Gasteiger partial charge on any atom is 0.0975 e. The maximum absolute atomic E-state index is 10.9. The largest absolute Gasteiger partial charge is 0.389 e. The molecule has 160 valence electrons. The van der Waals surface area contributed by atoms with Gasteiger partial charge in [0.05, 0.1) is 11.6 Å². The van der Waals surface area contributed by atoms with Gasteiger partial charge in [0.25, 0.3) is 0 Å². The van der Waals surface area contributed by atoms with Gasteiger partial charge in [0.2, 0.25) is 0 Å². The molecule has 0 amide bonds. The summed E-state index contributed by atoms with van der Waals surface area (Å²) in [5.41, 5.74) is 4.35. The summed E-state index contributed by atoms with van der Waals surface area (Å²) < 4.78 is 0. The fourth-order valence-electron chi connectivity index (χ4n) is 4.94. The Hall–Kier alpha value is -2.98. The molecule has 32 heavy (non-hydrogen) atoms. The molecule has 0 spiro atoms. The fraction of sp³-hybridized carbons (Fsp3) is 0.172. The van der Waals surface area contributed by atoms with Crippen LogP contribution in [0.1, 0.15) is 28.0 Å². The van der Waals surface area contributed by atoms with E-state index in [1.165, 1.54) is 21.6 Å². The fourth-order valence-corrected chi connectivity index (χ4v) is 5.63. The Morgan fingerprint density at radius 3 is 1.75 bits per heavy atom. The van der Waals surface area contributed by atoms with E-state index in [0.717, 1.165) is 12.1 Å². The smallest absolute Gasteiger partial charge is 0.0975 e. The summed E-state index contributed by atoms with van der Waals surface area (Å²) in [6.07, 6.45) is 2.48. The minimum absolute atomic E-state index is 0.409. The van der Waals surface area contributed by atoms with Gasteiger partial charge in [0.15, 0.2) is 0 Å². The van der Waals surface area contributed by atoms with Crippen LogP contribution in [0, 0.1) is 0 Å². The normalized spacial score (nSPS) is 18.7. The van der Waals surface area contributed by atoms with Gasteiger partial charge in [-0.2, -0.15) is 0 Å². The highest BCUT2D eigenvalue weighted by Crippen LogP contribution is 2.44. The highest BCUT2D eigenvalue weighted by atomic mass is 32.1. The first kappa shape index (κ1) is 20.9. The Morgan fingerprint density at radius 1 is 0.750 bits per heavy atom. The summed E-state index contributed by atoms with van der Waals surface area (Å²) in [6, 6.07) is 36.5. The first-order valence-corrected chi connectivity index (χ1v) is 12.0. The van der Waals surface area contributed by atoms with Crippen LogP contribution in [0.15, 0.2) is 114 Å². The second-order valence-corrected chi connectivity index (χ2v) is 9.25. The molecule has 4 aromatic rings. The van der Waals surface area contributed by atoms with Crippen LogP contribution in [-0.2, 0) is 5.54 Å². The van der Waals surface area contributed by atoms with Crippen LogP contribution in [0.25, 0.3) is 6.08 Å². The lowest BCUT2D eigenvalue weighted by Gasteiger charge is -2.48. The monoisotopic (exact) mass is 437 g/mol. The van der Waals surface area contributed by atoms with Crippen LogP contribution in [-0.4, -0.2) is 29.2 Å². The van der Waals surface area contributed by atoms with Crippen molar-refractivity contribution in [2.24, 2.45) is 0 Å². The topological polar surface area (TPSA) is 23.5 Å². The molecular formula is C29H27NOS. The van der Waals surface area contributed by atoms with Gasteiger partial charge in [0, 0.05) is 18.0 Å². The van der Waals surface area contributed by atoms with Crippen LogP contribution >= 0.6 is 11.3 Å². The second-order valence-electron chi connectivity index (χ2n) is 8.27. The highest BCUT2D eigenvalue weighted by Gasteiger charge is 2.44. The Labute approximate surface area is 194 Å². The van der Waals surface area contributed by atoms with E-state index in [0.29, 0.717) is 13.0 Å². The Balaban J connectivity index is 1.71. The van der Waals surface area contributed by atoms with E-state index in [9.17, 15) is 5.11 Å². The first-order chi connectivity index (χ1) is 15.8. The lowest BCUT2D eigenvalue weighted by molar-refractivity contribution is 0.0872. The van der Waals surface area contributed by atoms with Crippen LogP contribution in [0.2, 0.25) is 0 Å². The zero-order valence-electron chi connectivity index (χ0n) is 18.0. The SMILES string of the molecule is OC1CCN(C(c2ccccc2)(c2ccccc2)c2ccccc2)C/C1=C\c1cccs1. The van der Waals surface area contributed by atoms with Crippen molar-refractivity contribution < 1.29 is 5.11 Å². The van der Waals surface area contributed by atoms with Crippen molar-refractivity contribution in [3.05, 3.63) is 136 Å². The minimum atomic E-state index is -0.446. The van der Waals surface area contributed by atoms with Crippen molar-refractivity contribution >= 4 is 17.4 Å². The van der Waals surface area contributed by atoms with Gasteiger partial charge < -0.3 is 5.11 Å². The molecule has 0 bridgehead atoms. The third-order valence-corrected chi connectivity index (χ3v) is 7.21. The number of benzene rings is 3. The van der Waals surface area contributed by atoms with Crippen molar-refractivity contribution in [1.82, 2.24) is 4.90 Å².